The number of carbonyl (C=O) groups excluding carboxylic acids is 2. The van der Waals surface area contributed by atoms with Gasteiger partial charge >= 0.3 is 5.97 Å². The Bertz CT molecular complexity index is 358. The first-order valence-electron chi connectivity index (χ1n) is 4.95. The summed E-state index contributed by atoms with van der Waals surface area (Å²) >= 11 is 0. The van der Waals surface area contributed by atoms with E-state index in [-0.39, 0.29) is 18.3 Å². The molecule has 0 atom stereocenters. The number of ether oxygens (including phenoxy) is 1. The van der Waals surface area contributed by atoms with Crippen LogP contribution in [-0.4, -0.2) is 43.2 Å². The molecule has 6 nitrogen and oxygen atoms in total. The van der Waals surface area contributed by atoms with Gasteiger partial charge in [-0.25, -0.2) is 5.43 Å². The Morgan fingerprint density at radius 2 is 2.25 bits per heavy atom. The quantitative estimate of drug-likeness (QED) is 0.534. The van der Waals surface area contributed by atoms with E-state index in [1.807, 2.05) is 0 Å². The lowest BCUT2D eigenvalue weighted by Gasteiger charge is -2.07. The summed E-state index contributed by atoms with van der Waals surface area (Å²) in [5, 5.41) is 3.79. The van der Waals surface area contributed by atoms with Crippen molar-refractivity contribution in [1.82, 2.24) is 10.3 Å². The van der Waals surface area contributed by atoms with Crippen LogP contribution in [0, 0.1) is 0 Å². The summed E-state index contributed by atoms with van der Waals surface area (Å²) in [6, 6.07) is 0. The number of rotatable bonds is 4. The van der Waals surface area contributed by atoms with Crippen molar-refractivity contribution in [2.75, 3.05) is 20.7 Å². The molecule has 1 aliphatic heterocycles. The zero-order valence-corrected chi connectivity index (χ0v) is 9.61. The van der Waals surface area contributed by atoms with Crippen molar-refractivity contribution in [3.05, 3.63) is 11.8 Å². The highest BCUT2D eigenvalue weighted by Gasteiger charge is 2.25. The highest BCUT2D eigenvalue weighted by Crippen LogP contribution is 2.10. The van der Waals surface area contributed by atoms with Crippen molar-refractivity contribution >= 4 is 17.6 Å². The van der Waals surface area contributed by atoms with E-state index in [1.54, 1.807) is 32.1 Å². The van der Waals surface area contributed by atoms with Gasteiger partial charge in [0.25, 0.3) is 5.91 Å². The number of carbonyl (C=O) groups is 2. The van der Waals surface area contributed by atoms with E-state index in [4.69, 9.17) is 4.74 Å². The van der Waals surface area contributed by atoms with E-state index in [2.05, 4.69) is 10.5 Å². The number of amides is 1. The molecule has 0 saturated heterocycles. The van der Waals surface area contributed by atoms with Crippen LogP contribution in [-0.2, 0) is 14.3 Å². The minimum atomic E-state index is -0.387. The smallest absolute Gasteiger partial charge is 0.311 e. The molecule has 0 bridgehead atoms. The summed E-state index contributed by atoms with van der Waals surface area (Å²) in [5.74, 6) is -0.685. The van der Waals surface area contributed by atoms with Gasteiger partial charge in [-0.05, 0) is 6.92 Å². The molecule has 0 radical (unpaired) electrons. The van der Waals surface area contributed by atoms with Crippen LogP contribution in [0.2, 0.25) is 0 Å². The first-order valence-corrected chi connectivity index (χ1v) is 4.95. The number of nitrogens with one attached hydrogen (secondary N) is 1. The highest BCUT2D eigenvalue weighted by molar-refractivity contribution is 6.27. The zero-order valence-electron chi connectivity index (χ0n) is 9.61. The second kappa shape index (κ2) is 5.29. The van der Waals surface area contributed by atoms with E-state index in [9.17, 15) is 9.59 Å². The van der Waals surface area contributed by atoms with Gasteiger partial charge in [-0.1, -0.05) is 0 Å². The molecule has 0 saturated carbocycles. The van der Waals surface area contributed by atoms with Crippen molar-refractivity contribution < 1.29 is 14.3 Å². The van der Waals surface area contributed by atoms with Gasteiger partial charge in [0, 0.05) is 20.3 Å². The molecule has 0 spiro atoms. The molecule has 0 aliphatic carbocycles. The van der Waals surface area contributed by atoms with Gasteiger partial charge in [0.05, 0.1) is 24.3 Å². The molecule has 0 aromatic rings. The molecule has 0 unspecified atom stereocenters. The molecule has 0 aromatic carbocycles. The summed E-state index contributed by atoms with van der Waals surface area (Å²) < 4.78 is 4.79. The van der Waals surface area contributed by atoms with Crippen LogP contribution in [0.25, 0.3) is 0 Å². The second-order valence-electron chi connectivity index (χ2n) is 3.49. The summed E-state index contributed by atoms with van der Waals surface area (Å²) in [5.41, 5.74) is 3.13. The van der Waals surface area contributed by atoms with E-state index in [1.165, 1.54) is 0 Å². The summed E-state index contributed by atoms with van der Waals surface area (Å²) in [6.07, 6.45) is 1.63. The monoisotopic (exact) mass is 225 g/mol. The van der Waals surface area contributed by atoms with Gasteiger partial charge < -0.3 is 9.64 Å². The molecule has 1 heterocycles. The third kappa shape index (κ3) is 3.08. The molecule has 1 amide bonds. The number of hydrazone groups is 1. The van der Waals surface area contributed by atoms with Gasteiger partial charge in [-0.2, -0.15) is 5.10 Å². The predicted octanol–water partition coefficient (Wildman–Crippen LogP) is -0.129. The van der Waals surface area contributed by atoms with Crippen LogP contribution < -0.4 is 5.43 Å². The Labute approximate surface area is 93.9 Å². The molecule has 1 aliphatic rings. The number of esters is 1. The molecular formula is C10H15N3O3. The maximum Gasteiger partial charge on any atom is 0.311 e. The maximum absolute atomic E-state index is 11.4. The Morgan fingerprint density at radius 1 is 1.56 bits per heavy atom. The predicted molar refractivity (Wildman–Crippen MR) is 58.6 cm³/mol. The molecule has 0 fully saturated rings. The molecule has 1 N–H and O–H groups in total. The Balaban J connectivity index is 2.73. The van der Waals surface area contributed by atoms with Crippen LogP contribution in [0.5, 0.6) is 0 Å². The third-order valence-electron chi connectivity index (χ3n) is 1.85. The fraction of sp³-hybridized carbons (Fsp3) is 0.500. The zero-order chi connectivity index (χ0) is 12.1. The molecule has 1 rings (SSSR count). The Morgan fingerprint density at radius 3 is 2.81 bits per heavy atom. The Hall–Kier alpha value is -1.85. The van der Waals surface area contributed by atoms with E-state index < -0.39 is 0 Å². The van der Waals surface area contributed by atoms with Crippen LogP contribution in [0.15, 0.2) is 16.9 Å². The first kappa shape index (κ1) is 12.2. The lowest BCUT2D eigenvalue weighted by Crippen LogP contribution is -2.18. The minimum absolute atomic E-state index is 0.00620. The molecule has 88 valence electrons. The molecule has 6 heteroatoms. The van der Waals surface area contributed by atoms with Crippen LogP contribution in [0.4, 0.5) is 0 Å². The SMILES string of the molecule is CCOC(=O)CC1=NNC(=O)/C1=C\N(C)C. The van der Waals surface area contributed by atoms with Gasteiger partial charge in [0.1, 0.15) is 0 Å². The van der Waals surface area contributed by atoms with Crippen molar-refractivity contribution in [3.63, 3.8) is 0 Å². The topological polar surface area (TPSA) is 71.0 Å². The van der Waals surface area contributed by atoms with Gasteiger partial charge in [0.2, 0.25) is 0 Å². The van der Waals surface area contributed by atoms with E-state index in [0.717, 1.165) is 0 Å². The lowest BCUT2D eigenvalue weighted by molar-refractivity contribution is -0.141. The van der Waals surface area contributed by atoms with Crippen molar-refractivity contribution in [2.24, 2.45) is 5.10 Å². The largest absolute Gasteiger partial charge is 0.466 e. The standard InChI is InChI=1S/C10H15N3O3/c1-4-16-9(14)5-8-7(6-13(2)3)10(15)12-11-8/h6H,4-5H2,1-3H3,(H,12,15)/b7-6-. The Kier molecular flexibility index (Phi) is 4.04. The number of hydrogen-bond acceptors (Lipinski definition) is 5. The molecule has 16 heavy (non-hydrogen) atoms. The van der Waals surface area contributed by atoms with Crippen molar-refractivity contribution in [2.45, 2.75) is 13.3 Å². The number of hydrogen-bond donors (Lipinski definition) is 1. The molecule has 0 aromatic heterocycles. The summed E-state index contributed by atoms with van der Waals surface area (Å²) in [6.45, 7) is 2.05. The fourth-order valence-electron chi connectivity index (χ4n) is 1.24. The maximum atomic E-state index is 11.4. The van der Waals surface area contributed by atoms with Crippen LogP contribution >= 0.6 is 0 Å². The average molecular weight is 225 g/mol. The van der Waals surface area contributed by atoms with E-state index >= 15 is 0 Å². The first-order chi connectivity index (χ1) is 7.54. The van der Waals surface area contributed by atoms with Crippen molar-refractivity contribution in [1.29, 1.82) is 0 Å². The highest BCUT2D eigenvalue weighted by atomic mass is 16.5. The fourth-order valence-corrected chi connectivity index (χ4v) is 1.24. The molecular weight excluding hydrogens is 210 g/mol. The second-order valence-corrected chi connectivity index (χ2v) is 3.49. The van der Waals surface area contributed by atoms with Gasteiger partial charge in [0.15, 0.2) is 0 Å². The van der Waals surface area contributed by atoms with Crippen molar-refractivity contribution in [3.8, 4) is 0 Å². The summed E-state index contributed by atoms with van der Waals surface area (Å²) in [7, 11) is 3.58. The summed E-state index contributed by atoms with van der Waals surface area (Å²) in [4.78, 5) is 24.4. The van der Waals surface area contributed by atoms with E-state index in [0.29, 0.717) is 17.9 Å². The number of nitrogens with zero attached hydrogens (tertiary/aromatic N) is 2. The van der Waals surface area contributed by atoms with Gasteiger partial charge in [-0.3, -0.25) is 9.59 Å². The van der Waals surface area contributed by atoms with Crippen LogP contribution in [0.3, 0.4) is 0 Å². The lowest BCUT2D eigenvalue weighted by atomic mass is 10.1. The third-order valence-corrected chi connectivity index (χ3v) is 1.85. The van der Waals surface area contributed by atoms with Gasteiger partial charge in [-0.15, -0.1) is 0 Å². The average Bonchev–Trinajstić information content (AvgIpc) is 2.49. The normalized spacial score (nSPS) is 17.1. The minimum Gasteiger partial charge on any atom is -0.466 e. The van der Waals surface area contributed by atoms with Crippen LogP contribution in [0.1, 0.15) is 13.3 Å².